The summed E-state index contributed by atoms with van der Waals surface area (Å²) in [7, 11) is -4.25. The Morgan fingerprint density at radius 1 is 1.25 bits per heavy atom. The van der Waals surface area contributed by atoms with Gasteiger partial charge in [-0.1, -0.05) is 19.3 Å². The fourth-order valence-corrected chi connectivity index (χ4v) is 2.41. The zero-order chi connectivity index (χ0) is 14.0. The van der Waals surface area contributed by atoms with Gasteiger partial charge in [0.15, 0.2) is 0 Å². The first-order chi connectivity index (χ1) is 8.35. The fraction of sp³-hybridized carbons (Fsp3) is 0.900. The molecule has 0 saturated carbocycles. The van der Waals surface area contributed by atoms with Crippen LogP contribution in [0.25, 0.3) is 0 Å². The Balaban J connectivity index is -0.00000144. The summed E-state index contributed by atoms with van der Waals surface area (Å²) in [5.74, 6) is -0.132. The van der Waals surface area contributed by atoms with E-state index in [1.807, 2.05) is 0 Å². The Morgan fingerprint density at radius 2 is 1.85 bits per heavy atom. The van der Waals surface area contributed by atoms with Crippen LogP contribution in [0.15, 0.2) is 0 Å². The van der Waals surface area contributed by atoms with Crippen molar-refractivity contribution in [3.05, 3.63) is 0 Å². The van der Waals surface area contributed by atoms with E-state index in [1.54, 1.807) is 0 Å². The van der Waals surface area contributed by atoms with Gasteiger partial charge >= 0.3 is 49.0 Å². The number of hydrogen-bond acceptors (Lipinski definition) is 6. The molecule has 1 unspecified atom stereocenters. The molecule has 0 heterocycles. The molecule has 0 aromatic heterocycles. The zero-order valence-corrected chi connectivity index (χ0v) is 19.2. The molecule has 0 aromatic carbocycles. The molecule has 0 fully saturated rings. The number of carbonyl (C=O) groups excluding carboxylic acids is 1. The Labute approximate surface area is 167 Å². The molecule has 0 bridgehead atoms. The second kappa shape index (κ2) is 15.6. The van der Waals surface area contributed by atoms with E-state index in [0.29, 0.717) is 18.6 Å². The van der Waals surface area contributed by atoms with Crippen LogP contribution in [-0.4, -0.2) is 42.2 Å². The third-order valence-electron chi connectivity index (χ3n) is 2.29. The predicted octanol–water partition coefficient (Wildman–Crippen LogP) is -2.94. The van der Waals surface area contributed by atoms with Gasteiger partial charge < -0.3 is 35.1 Å². The van der Waals surface area contributed by atoms with Gasteiger partial charge in [-0.3, -0.25) is 4.79 Å². The molecule has 10 heteroatoms. The molecular formula is C10H18NNaO4S3Zn. The number of carbonyl (C=O) groups is 1. The average Bonchev–Trinajstić information content (AvgIpc) is 2.23. The third kappa shape index (κ3) is 19.7. The molecule has 0 saturated heterocycles. The Bertz CT molecular complexity index is 343. The van der Waals surface area contributed by atoms with Crippen molar-refractivity contribution >= 4 is 41.3 Å². The van der Waals surface area contributed by atoms with Crippen LogP contribution in [-0.2, 0) is 59.6 Å². The smallest absolute Gasteiger partial charge is 0.793 e. The van der Waals surface area contributed by atoms with Crippen molar-refractivity contribution in [3.63, 3.8) is 0 Å². The molecule has 0 aromatic rings. The van der Waals surface area contributed by atoms with E-state index in [0.717, 1.165) is 19.3 Å². The minimum Gasteiger partial charge on any atom is -0.793 e. The van der Waals surface area contributed by atoms with Crippen LogP contribution >= 0.6 is 0 Å². The maximum atomic E-state index is 11.2. The first kappa shape index (κ1) is 26.6. The van der Waals surface area contributed by atoms with E-state index in [9.17, 15) is 17.8 Å². The number of rotatable bonds is 10. The summed E-state index contributed by atoms with van der Waals surface area (Å²) in [4.78, 5) is 11.2. The van der Waals surface area contributed by atoms with Crippen molar-refractivity contribution in [2.45, 2.75) is 37.4 Å². The Kier molecular flexibility index (Phi) is 20.7. The molecule has 1 N–H and O–H groups in total. The average molecular weight is 401 g/mol. The third-order valence-corrected chi connectivity index (χ3v) is 3.71. The minimum atomic E-state index is -4.25. The quantitative estimate of drug-likeness (QED) is 0.183. The molecule has 0 aliphatic heterocycles. The van der Waals surface area contributed by atoms with Crippen LogP contribution in [0.2, 0.25) is 0 Å². The summed E-state index contributed by atoms with van der Waals surface area (Å²) in [5, 5.41) is 2.57. The maximum Gasteiger partial charge on any atom is 2.00 e. The first-order valence-corrected chi connectivity index (χ1v) is 8.42. The summed E-state index contributed by atoms with van der Waals surface area (Å²) in [6, 6.07) is 0. The van der Waals surface area contributed by atoms with Gasteiger partial charge in [0.1, 0.15) is 0 Å². The number of amides is 1. The van der Waals surface area contributed by atoms with E-state index in [-0.39, 0.29) is 66.7 Å². The van der Waals surface area contributed by atoms with Crippen LogP contribution in [0.4, 0.5) is 0 Å². The molecule has 1 atom stereocenters. The summed E-state index contributed by atoms with van der Waals surface area (Å²) < 4.78 is 30.8. The van der Waals surface area contributed by atoms with Crippen molar-refractivity contribution < 1.29 is 66.8 Å². The number of nitrogens with one attached hydrogen (secondary N) is 1. The zero-order valence-electron chi connectivity index (χ0n) is 11.8. The minimum absolute atomic E-state index is 0. The molecule has 0 rings (SSSR count). The van der Waals surface area contributed by atoms with Crippen molar-refractivity contribution in [1.82, 2.24) is 5.32 Å². The predicted molar refractivity (Wildman–Crippen MR) is 74.0 cm³/mol. The molecule has 1 amide bonds. The monoisotopic (exact) mass is 399 g/mol. The fourth-order valence-electron chi connectivity index (χ4n) is 1.34. The Hall–Kier alpha value is 1.70. The van der Waals surface area contributed by atoms with E-state index in [1.165, 1.54) is 0 Å². The molecule has 0 spiro atoms. The van der Waals surface area contributed by atoms with Gasteiger partial charge in [0.2, 0.25) is 5.91 Å². The van der Waals surface area contributed by atoms with Gasteiger partial charge in [0, 0.05) is 13.0 Å². The van der Waals surface area contributed by atoms with Crippen molar-refractivity contribution in [1.29, 1.82) is 0 Å². The molecule has 0 aliphatic carbocycles. The van der Waals surface area contributed by atoms with Crippen LogP contribution in [0.1, 0.15) is 32.1 Å². The van der Waals surface area contributed by atoms with Crippen LogP contribution in [0.5, 0.6) is 0 Å². The van der Waals surface area contributed by atoms with Crippen molar-refractivity contribution in [2.24, 2.45) is 0 Å². The summed E-state index contributed by atoms with van der Waals surface area (Å²) in [5.41, 5.74) is 0. The van der Waals surface area contributed by atoms with E-state index in [2.05, 4.69) is 5.32 Å². The number of unbranched alkanes of at least 4 members (excludes halogenated alkanes) is 1. The largest absolute Gasteiger partial charge is 2.00 e. The van der Waals surface area contributed by atoms with Gasteiger partial charge in [-0.05, 0) is 6.42 Å². The van der Waals surface area contributed by atoms with E-state index in [4.69, 9.17) is 25.3 Å². The molecule has 5 nitrogen and oxygen atoms in total. The Morgan fingerprint density at radius 3 is 2.35 bits per heavy atom. The number of hydrogen-bond donors (Lipinski definition) is 1. The van der Waals surface area contributed by atoms with Gasteiger partial charge in [-0.2, -0.15) is 11.0 Å². The maximum absolute atomic E-state index is 11.2. The standard InChI is InChI=1S/C10H21NO4S3.Na.Zn/c12-10(11-6-8-18(13,14)15)4-2-1-3-9(17)5-7-16;;/h9,16-17H,1-8H2,(H,11,12)(H,13,14,15);;/q;+1;+2/p-3. The van der Waals surface area contributed by atoms with Gasteiger partial charge in [-0.25, -0.2) is 8.42 Å². The van der Waals surface area contributed by atoms with E-state index >= 15 is 0 Å². The molecule has 20 heavy (non-hydrogen) atoms. The normalized spacial score (nSPS) is 11.9. The van der Waals surface area contributed by atoms with Crippen LogP contribution < -0.4 is 34.9 Å². The summed E-state index contributed by atoms with van der Waals surface area (Å²) in [6.07, 6.45) is 3.61. The summed E-state index contributed by atoms with van der Waals surface area (Å²) in [6.45, 7) is -0.121. The van der Waals surface area contributed by atoms with Crippen LogP contribution in [0.3, 0.4) is 0 Å². The van der Waals surface area contributed by atoms with E-state index < -0.39 is 15.9 Å². The van der Waals surface area contributed by atoms with Crippen molar-refractivity contribution in [2.75, 3.05) is 18.1 Å². The molecular weight excluding hydrogens is 383 g/mol. The SMILES string of the molecule is O=C(CCCCC([S-])CC[S-])NCCS(=O)(=O)[O-].[Na+].[Zn+2]. The van der Waals surface area contributed by atoms with Crippen molar-refractivity contribution in [3.8, 4) is 0 Å². The first-order valence-electron chi connectivity index (χ1n) is 5.79. The molecule has 108 valence electrons. The summed E-state index contributed by atoms with van der Waals surface area (Å²) >= 11 is 9.98. The van der Waals surface area contributed by atoms with Gasteiger partial charge in [0.25, 0.3) is 0 Å². The molecule has 0 radical (unpaired) electrons. The molecule has 0 aliphatic rings. The second-order valence-electron chi connectivity index (χ2n) is 3.97. The van der Waals surface area contributed by atoms with Gasteiger partial charge in [-0.15, -0.1) is 0 Å². The second-order valence-corrected chi connectivity index (χ2v) is 6.57. The van der Waals surface area contributed by atoms with Crippen LogP contribution in [0, 0.1) is 0 Å². The van der Waals surface area contributed by atoms with Gasteiger partial charge in [0.05, 0.1) is 15.9 Å². The topological polar surface area (TPSA) is 86.3 Å².